The van der Waals surface area contributed by atoms with Gasteiger partial charge in [-0.2, -0.15) is 0 Å². The Morgan fingerprint density at radius 1 is 1.29 bits per heavy atom. The fraction of sp³-hybridized carbons (Fsp3) is 0.800. The average molecular weight is 200 g/mol. The van der Waals surface area contributed by atoms with Gasteiger partial charge in [0.1, 0.15) is 13.0 Å². The number of esters is 1. The summed E-state index contributed by atoms with van der Waals surface area (Å²) in [6.07, 6.45) is 4.46. The summed E-state index contributed by atoms with van der Waals surface area (Å²) in [5, 5.41) is 0. The van der Waals surface area contributed by atoms with Crippen LogP contribution in [-0.4, -0.2) is 31.6 Å². The first-order valence-electron chi connectivity index (χ1n) is 4.92. The lowest BCUT2D eigenvalue weighted by atomic mass is 10.3. The molecule has 0 amide bonds. The van der Waals surface area contributed by atoms with Gasteiger partial charge in [0.25, 0.3) is 0 Å². The van der Waals surface area contributed by atoms with Crippen LogP contribution in [0.3, 0.4) is 0 Å². The fourth-order valence-electron chi connectivity index (χ4n) is 1.55. The number of hydrogen-bond acceptors (Lipinski definition) is 4. The lowest BCUT2D eigenvalue weighted by Gasteiger charge is -2.09. The monoisotopic (exact) mass is 200 g/mol. The van der Waals surface area contributed by atoms with E-state index in [0.717, 1.165) is 12.8 Å². The summed E-state index contributed by atoms with van der Waals surface area (Å²) in [6.45, 7) is 0.0414. The highest BCUT2D eigenvalue weighted by Gasteiger charge is 2.17. The second kappa shape index (κ2) is 5.75. The molecular formula is C10H16O4. The summed E-state index contributed by atoms with van der Waals surface area (Å²) in [5.41, 5.74) is 0. The molecule has 0 aromatic rings. The van der Waals surface area contributed by atoms with E-state index in [2.05, 4.69) is 4.74 Å². The minimum atomic E-state index is -0.495. The zero-order chi connectivity index (χ0) is 10.4. The van der Waals surface area contributed by atoms with Crippen LogP contribution in [0, 0.1) is 0 Å². The van der Waals surface area contributed by atoms with E-state index in [1.54, 1.807) is 0 Å². The van der Waals surface area contributed by atoms with Gasteiger partial charge in [0.15, 0.2) is 5.78 Å². The van der Waals surface area contributed by atoms with E-state index >= 15 is 0 Å². The van der Waals surface area contributed by atoms with Crippen molar-refractivity contribution in [2.75, 3.05) is 13.7 Å². The van der Waals surface area contributed by atoms with Crippen molar-refractivity contribution >= 4 is 11.8 Å². The standard InChI is InChI=1S/C10H16O4/c1-13-10(12)6-8(11)7-14-9-4-2-3-5-9/h9H,2-7H2,1H3. The first-order chi connectivity index (χ1) is 6.72. The Hall–Kier alpha value is -0.900. The number of carbonyl (C=O) groups is 2. The second-order valence-electron chi connectivity index (χ2n) is 3.51. The van der Waals surface area contributed by atoms with Crippen LogP contribution >= 0.6 is 0 Å². The molecule has 0 heterocycles. The van der Waals surface area contributed by atoms with Gasteiger partial charge in [0.2, 0.25) is 0 Å². The molecular weight excluding hydrogens is 184 g/mol. The minimum Gasteiger partial charge on any atom is -0.469 e. The lowest BCUT2D eigenvalue weighted by Crippen LogP contribution is -2.18. The van der Waals surface area contributed by atoms with Crippen LogP contribution in [-0.2, 0) is 19.1 Å². The molecule has 0 N–H and O–H groups in total. The molecule has 1 fully saturated rings. The Morgan fingerprint density at radius 3 is 2.50 bits per heavy atom. The maximum absolute atomic E-state index is 11.1. The maximum Gasteiger partial charge on any atom is 0.313 e. The molecule has 1 rings (SSSR count). The topological polar surface area (TPSA) is 52.6 Å². The molecule has 4 heteroatoms. The molecule has 0 aliphatic heterocycles. The minimum absolute atomic E-state index is 0.0414. The van der Waals surface area contributed by atoms with Gasteiger partial charge in [-0.05, 0) is 12.8 Å². The summed E-state index contributed by atoms with van der Waals surface area (Å²) in [6, 6.07) is 0. The molecule has 0 aromatic carbocycles. The average Bonchev–Trinajstić information content (AvgIpc) is 2.67. The SMILES string of the molecule is COC(=O)CC(=O)COC1CCCC1. The van der Waals surface area contributed by atoms with Gasteiger partial charge in [-0.15, -0.1) is 0 Å². The number of carbonyl (C=O) groups excluding carboxylic acids is 2. The Morgan fingerprint density at radius 2 is 1.93 bits per heavy atom. The Labute approximate surface area is 83.6 Å². The second-order valence-corrected chi connectivity index (χ2v) is 3.51. The van der Waals surface area contributed by atoms with E-state index in [4.69, 9.17) is 4.74 Å². The molecule has 1 saturated carbocycles. The van der Waals surface area contributed by atoms with E-state index in [1.165, 1.54) is 20.0 Å². The third kappa shape index (κ3) is 3.87. The zero-order valence-electron chi connectivity index (χ0n) is 8.45. The summed E-state index contributed by atoms with van der Waals surface area (Å²) < 4.78 is 9.73. The van der Waals surface area contributed by atoms with Gasteiger partial charge < -0.3 is 9.47 Å². The third-order valence-corrected chi connectivity index (χ3v) is 2.35. The molecule has 1 aliphatic rings. The van der Waals surface area contributed by atoms with Crippen molar-refractivity contribution in [1.29, 1.82) is 0 Å². The smallest absolute Gasteiger partial charge is 0.313 e. The van der Waals surface area contributed by atoms with E-state index in [-0.39, 0.29) is 24.9 Å². The molecule has 0 saturated heterocycles. The van der Waals surface area contributed by atoms with Crippen LogP contribution < -0.4 is 0 Å². The van der Waals surface area contributed by atoms with Crippen LogP contribution in [0.5, 0.6) is 0 Å². The third-order valence-electron chi connectivity index (χ3n) is 2.35. The van der Waals surface area contributed by atoms with Crippen LogP contribution in [0.4, 0.5) is 0 Å². The summed E-state index contributed by atoms with van der Waals surface area (Å²) in [4.78, 5) is 21.9. The fourth-order valence-corrected chi connectivity index (χ4v) is 1.55. The van der Waals surface area contributed by atoms with Crippen LogP contribution in [0.1, 0.15) is 32.1 Å². The number of ether oxygens (including phenoxy) is 2. The predicted octanol–water partition coefficient (Wildman–Crippen LogP) is 1.08. The molecule has 0 radical (unpaired) electrons. The van der Waals surface area contributed by atoms with Gasteiger partial charge in [-0.3, -0.25) is 9.59 Å². The Balaban J connectivity index is 2.11. The molecule has 0 bridgehead atoms. The molecule has 0 atom stereocenters. The Bertz CT molecular complexity index is 206. The van der Waals surface area contributed by atoms with E-state index in [9.17, 15) is 9.59 Å². The first kappa shape index (κ1) is 11.2. The van der Waals surface area contributed by atoms with Crippen molar-refractivity contribution in [3.63, 3.8) is 0 Å². The van der Waals surface area contributed by atoms with Crippen LogP contribution in [0.15, 0.2) is 0 Å². The molecule has 1 aliphatic carbocycles. The van der Waals surface area contributed by atoms with Gasteiger partial charge in [0, 0.05) is 0 Å². The van der Waals surface area contributed by atoms with Gasteiger partial charge in [-0.1, -0.05) is 12.8 Å². The molecule has 80 valence electrons. The normalized spacial score (nSPS) is 16.9. The van der Waals surface area contributed by atoms with Crippen molar-refractivity contribution in [3.05, 3.63) is 0 Å². The highest BCUT2D eigenvalue weighted by atomic mass is 16.5. The molecule has 0 aromatic heterocycles. The number of ketones is 1. The summed E-state index contributed by atoms with van der Waals surface area (Å²) >= 11 is 0. The van der Waals surface area contributed by atoms with Gasteiger partial charge in [-0.25, -0.2) is 0 Å². The highest BCUT2D eigenvalue weighted by Crippen LogP contribution is 2.20. The maximum atomic E-state index is 11.1. The van der Waals surface area contributed by atoms with E-state index in [0.29, 0.717) is 0 Å². The van der Waals surface area contributed by atoms with E-state index in [1.807, 2.05) is 0 Å². The van der Waals surface area contributed by atoms with E-state index < -0.39 is 5.97 Å². The number of rotatable bonds is 5. The molecule has 4 nitrogen and oxygen atoms in total. The van der Waals surface area contributed by atoms with Crippen molar-refractivity contribution in [1.82, 2.24) is 0 Å². The quantitative estimate of drug-likeness (QED) is 0.492. The summed E-state index contributed by atoms with van der Waals surface area (Å²) in [5.74, 6) is -0.700. The predicted molar refractivity (Wildman–Crippen MR) is 49.8 cm³/mol. The molecule has 14 heavy (non-hydrogen) atoms. The van der Waals surface area contributed by atoms with Crippen LogP contribution in [0.2, 0.25) is 0 Å². The molecule has 0 spiro atoms. The Kier molecular flexibility index (Phi) is 4.59. The summed E-state index contributed by atoms with van der Waals surface area (Å²) in [7, 11) is 1.27. The highest BCUT2D eigenvalue weighted by molar-refractivity contribution is 5.96. The van der Waals surface area contributed by atoms with Crippen LogP contribution in [0.25, 0.3) is 0 Å². The van der Waals surface area contributed by atoms with Crippen molar-refractivity contribution in [2.45, 2.75) is 38.2 Å². The molecule has 0 unspecified atom stereocenters. The van der Waals surface area contributed by atoms with Gasteiger partial charge in [0.05, 0.1) is 13.2 Å². The zero-order valence-corrected chi connectivity index (χ0v) is 8.45. The van der Waals surface area contributed by atoms with Crippen molar-refractivity contribution in [3.8, 4) is 0 Å². The largest absolute Gasteiger partial charge is 0.469 e. The van der Waals surface area contributed by atoms with Crippen molar-refractivity contribution in [2.24, 2.45) is 0 Å². The number of methoxy groups -OCH3 is 1. The van der Waals surface area contributed by atoms with Gasteiger partial charge >= 0.3 is 5.97 Å². The lowest BCUT2D eigenvalue weighted by molar-refractivity contribution is -0.144. The number of Topliss-reactive ketones (excluding diaryl/α,β-unsaturated/α-hetero) is 1. The number of hydrogen-bond donors (Lipinski definition) is 0. The van der Waals surface area contributed by atoms with Crippen molar-refractivity contribution < 1.29 is 19.1 Å². The first-order valence-corrected chi connectivity index (χ1v) is 4.92.